The number of nitriles is 1. The zero-order chi connectivity index (χ0) is 31.3. The third kappa shape index (κ3) is 6.23. The molecule has 12 heteroatoms. The quantitative estimate of drug-likeness (QED) is 0.180. The van der Waals surface area contributed by atoms with Crippen LogP contribution in [-0.2, 0) is 0 Å². The summed E-state index contributed by atoms with van der Waals surface area (Å²) in [5, 5.41) is 12.2. The normalized spacial score (nSPS) is 11.9. The minimum Gasteiger partial charge on any atom is -0.489 e. The lowest BCUT2D eigenvalue weighted by Crippen LogP contribution is -2.27. The minimum atomic E-state index is -0.665. The minimum absolute atomic E-state index is 0.123. The largest absolute Gasteiger partial charge is 0.489 e. The van der Waals surface area contributed by atoms with Crippen molar-refractivity contribution in [2.75, 3.05) is 25.1 Å². The van der Waals surface area contributed by atoms with Crippen molar-refractivity contribution >= 4 is 34.1 Å². The molecule has 0 unspecified atom stereocenters. The fourth-order valence-corrected chi connectivity index (χ4v) is 4.97. The molecular weight excluding hydrogens is 603 g/mol. The molecule has 0 atom stereocenters. The summed E-state index contributed by atoms with van der Waals surface area (Å²) in [7, 11) is 0. The van der Waals surface area contributed by atoms with Crippen molar-refractivity contribution in [2.24, 2.45) is 0 Å². The number of carbonyl (C=O) groups is 1. The fourth-order valence-electron chi connectivity index (χ4n) is 4.75. The number of anilines is 1. The molecule has 0 radical (unpaired) electrons. The summed E-state index contributed by atoms with van der Waals surface area (Å²) >= 11 is 6.53. The number of ether oxygens (including phenoxy) is 4. The number of unbranched alkanes of at least 4 members (excludes halogenated alkanes) is 1. The third-order valence-electron chi connectivity index (χ3n) is 6.85. The smallest absolute Gasteiger partial charge is 0.267 e. The number of rotatable bonds is 9. The Labute approximate surface area is 261 Å². The average molecular weight is 627 g/mol. The number of hydrogen-bond donors (Lipinski definition) is 1. The molecule has 1 amide bonds. The number of nitrogens with zero attached hydrogens (tertiary/aromatic N) is 3. The second-order valence-corrected chi connectivity index (χ2v) is 10.2. The molecule has 2 aromatic heterocycles. The molecule has 6 rings (SSSR count). The molecule has 45 heavy (non-hydrogen) atoms. The first-order chi connectivity index (χ1) is 21.9. The predicted molar refractivity (Wildman–Crippen MR) is 165 cm³/mol. The van der Waals surface area contributed by atoms with Crippen LogP contribution >= 0.6 is 11.6 Å². The van der Waals surface area contributed by atoms with E-state index in [4.69, 9.17) is 35.8 Å². The highest BCUT2D eigenvalue weighted by Crippen LogP contribution is 2.48. The molecule has 0 saturated carbocycles. The van der Waals surface area contributed by atoms with Crippen molar-refractivity contribution < 1.29 is 28.1 Å². The Kier molecular flexibility index (Phi) is 8.48. The molecule has 1 N–H and O–H groups in total. The molecule has 10 nitrogen and oxygen atoms in total. The molecule has 0 spiro atoms. The van der Waals surface area contributed by atoms with E-state index in [2.05, 4.69) is 16.4 Å². The van der Waals surface area contributed by atoms with Crippen molar-refractivity contribution in [1.29, 1.82) is 5.26 Å². The van der Waals surface area contributed by atoms with Crippen molar-refractivity contribution in [3.8, 4) is 40.5 Å². The molecule has 1 aliphatic heterocycles. The number of carbonyl (C=O) groups excluding carboxylic acids is 1. The number of hydrogen-bond acceptors (Lipinski definition) is 8. The van der Waals surface area contributed by atoms with E-state index in [1.54, 1.807) is 36.5 Å². The van der Waals surface area contributed by atoms with Crippen LogP contribution < -0.4 is 29.8 Å². The summed E-state index contributed by atoms with van der Waals surface area (Å²) in [6.45, 7) is 1.00. The predicted octanol–water partition coefficient (Wildman–Crippen LogP) is 6.68. The van der Waals surface area contributed by atoms with E-state index in [1.807, 2.05) is 0 Å². The van der Waals surface area contributed by atoms with Gasteiger partial charge in [0.25, 0.3) is 11.5 Å². The summed E-state index contributed by atoms with van der Waals surface area (Å²) in [5.74, 6) is 1.01. The molecule has 3 heterocycles. The highest BCUT2D eigenvalue weighted by atomic mass is 35.5. The highest BCUT2D eigenvalue weighted by molar-refractivity contribution is 6.34. The van der Waals surface area contributed by atoms with Gasteiger partial charge in [0.1, 0.15) is 36.1 Å². The van der Waals surface area contributed by atoms with Crippen LogP contribution in [0.3, 0.4) is 0 Å². The van der Waals surface area contributed by atoms with Gasteiger partial charge in [-0.05, 0) is 61.0 Å². The van der Waals surface area contributed by atoms with Crippen molar-refractivity contribution in [3.63, 3.8) is 0 Å². The van der Waals surface area contributed by atoms with Gasteiger partial charge in [-0.15, -0.1) is 0 Å². The number of fused-ring (bicyclic) bond motifs is 3. The van der Waals surface area contributed by atoms with Crippen LogP contribution in [0.2, 0.25) is 5.02 Å². The maximum Gasteiger partial charge on any atom is 0.267 e. The molecule has 0 fully saturated rings. The number of pyridine rings is 2. The Hall–Kier alpha value is -5.60. The Morgan fingerprint density at radius 1 is 1.07 bits per heavy atom. The first-order valence-electron chi connectivity index (χ1n) is 13.9. The number of halogens is 2. The molecule has 0 bridgehead atoms. The summed E-state index contributed by atoms with van der Waals surface area (Å²) < 4.78 is 38.5. The summed E-state index contributed by atoms with van der Waals surface area (Å²) in [5.41, 5.74) is 0.528. The number of benzene rings is 3. The van der Waals surface area contributed by atoms with Gasteiger partial charge in [-0.1, -0.05) is 11.6 Å². The number of nitrogens with one attached hydrogen (secondary N) is 1. The van der Waals surface area contributed by atoms with Gasteiger partial charge in [-0.25, -0.2) is 4.39 Å². The van der Waals surface area contributed by atoms with E-state index in [0.717, 1.165) is 0 Å². The van der Waals surface area contributed by atoms with Gasteiger partial charge in [0.05, 0.1) is 34.3 Å². The third-order valence-corrected chi connectivity index (χ3v) is 7.16. The van der Waals surface area contributed by atoms with E-state index < -0.39 is 17.3 Å². The van der Waals surface area contributed by atoms with Gasteiger partial charge >= 0.3 is 0 Å². The zero-order valence-electron chi connectivity index (χ0n) is 23.6. The Morgan fingerprint density at radius 2 is 1.87 bits per heavy atom. The van der Waals surface area contributed by atoms with Crippen LogP contribution in [0.5, 0.6) is 28.7 Å². The van der Waals surface area contributed by atoms with Gasteiger partial charge in [-0.2, -0.15) is 5.26 Å². The molecule has 5 aromatic rings. The fraction of sp³-hybridized carbons (Fsp3) is 0.152. The van der Waals surface area contributed by atoms with Crippen molar-refractivity contribution in [2.45, 2.75) is 12.8 Å². The highest BCUT2D eigenvalue weighted by Gasteiger charge is 2.25. The van der Waals surface area contributed by atoms with Crippen LogP contribution in [-0.4, -0.2) is 35.3 Å². The molecule has 226 valence electrons. The van der Waals surface area contributed by atoms with Gasteiger partial charge in [-0.3, -0.25) is 19.1 Å². The monoisotopic (exact) mass is 626 g/mol. The first kappa shape index (κ1) is 29.5. The van der Waals surface area contributed by atoms with E-state index in [1.165, 1.54) is 47.2 Å². The maximum absolute atomic E-state index is 13.4. The topological polar surface area (TPSA) is 125 Å². The van der Waals surface area contributed by atoms with Gasteiger partial charge in [0.2, 0.25) is 5.75 Å². The Bertz CT molecular complexity index is 2010. The average Bonchev–Trinajstić information content (AvgIpc) is 3.05. The summed E-state index contributed by atoms with van der Waals surface area (Å²) in [6.07, 6.45) is 4.02. The first-order valence-corrected chi connectivity index (χ1v) is 14.3. The zero-order valence-corrected chi connectivity index (χ0v) is 24.3. The SMILES string of the molecule is N#CCCCOc1cc2nccc(Oc3ccc(NC(=O)c4cccn(-c5ccc(F)cc5)c4=O)c(Cl)c3)c2c2c1OCCO2. The van der Waals surface area contributed by atoms with Crippen LogP contribution in [0.1, 0.15) is 23.2 Å². The van der Waals surface area contributed by atoms with Gasteiger partial charge in [0, 0.05) is 36.6 Å². The van der Waals surface area contributed by atoms with Crippen LogP contribution in [0.25, 0.3) is 16.6 Å². The molecule has 0 saturated heterocycles. The van der Waals surface area contributed by atoms with Crippen molar-refractivity contribution in [3.05, 3.63) is 106 Å². The van der Waals surface area contributed by atoms with Crippen molar-refractivity contribution in [1.82, 2.24) is 9.55 Å². The second-order valence-electron chi connectivity index (χ2n) is 9.81. The van der Waals surface area contributed by atoms with Gasteiger partial charge in [0.15, 0.2) is 11.5 Å². The standard InChI is InChI=1S/C33H24ClFN4O6/c34-24-18-22(9-10-25(24)38-32(40)23-4-3-14-39(33(23)41)21-7-5-20(35)6-8-21)45-27-11-13-37-26-19-28(42-15-2-1-12-36)30-31(29(26)27)44-17-16-43-30/h3-11,13-14,18-19H,1-2,15-17H2,(H,38,40). The second kappa shape index (κ2) is 13.0. The molecular formula is C33H24ClFN4O6. The summed E-state index contributed by atoms with van der Waals surface area (Å²) in [4.78, 5) is 30.6. The van der Waals surface area contributed by atoms with Gasteiger partial charge < -0.3 is 24.3 Å². The van der Waals surface area contributed by atoms with E-state index >= 15 is 0 Å². The lowest BCUT2D eigenvalue weighted by Gasteiger charge is -2.23. The molecule has 3 aromatic carbocycles. The lowest BCUT2D eigenvalue weighted by molar-refractivity contribution is 0.102. The number of amides is 1. The summed E-state index contributed by atoms with van der Waals surface area (Å²) in [6, 6.07) is 18.5. The van der Waals surface area contributed by atoms with Crippen LogP contribution in [0.4, 0.5) is 10.1 Å². The van der Waals surface area contributed by atoms with E-state index in [9.17, 15) is 14.0 Å². The number of aromatic nitrogens is 2. The molecule has 1 aliphatic rings. The molecule has 0 aliphatic carbocycles. The van der Waals surface area contributed by atoms with E-state index in [0.29, 0.717) is 78.0 Å². The Balaban J connectivity index is 1.24. The van der Waals surface area contributed by atoms with E-state index in [-0.39, 0.29) is 16.3 Å². The lowest BCUT2D eigenvalue weighted by atomic mass is 10.1. The Morgan fingerprint density at radius 3 is 2.64 bits per heavy atom. The maximum atomic E-state index is 13.4. The van der Waals surface area contributed by atoms with Crippen LogP contribution in [0.15, 0.2) is 83.9 Å². The van der Waals surface area contributed by atoms with Crippen LogP contribution in [0, 0.1) is 17.1 Å².